The van der Waals surface area contributed by atoms with Crippen LogP contribution in [0.1, 0.15) is 23.2 Å². The van der Waals surface area contributed by atoms with Gasteiger partial charge in [-0.3, -0.25) is 4.72 Å². The number of hydrogen-bond donors (Lipinski definition) is 1. The SMILES string of the molecule is COC(=O)c1ccc(N2CCC(Oc3cc(F)cc4c(-c5cnc(OC)c(NS(C)(=O)=O)c5)nc(N5CCOCC5)nc34)CC2)c(F)c1. The second kappa shape index (κ2) is 13.7. The standard InChI is InChI=1S/C32H34F2N6O7S/c1-44-30-25(38-48(3,42)43)15-20(18-35-30)28-23-16-21(33)17-27(29(23)37-32(36-28)40-10-12-46-13-11-40)47-22-6-8-39(9-7-22)26-5-4-19(14-24(26)34)31(41)45-2/h4-5,14-18,22,38H,6-13H2,1-3H3. The predicted octanol–water partition coefficient (Wildman–Crippen LogP) is 4.02. The molecule has 6 rings (SSSR count). The smallest absolute Gasteiger partial charge is 0.337 e. The van der Waals surface area contributed by atoms with Crippen molar-refractivity contribution in [1.29, 1.82) is 0 Å². The number of carbonyl (C=O) groups is 1. The van der Waals surface area contributed by atoms with E-state index >= 15 is 4.39 Å². The van der Waals surface area contributed by atoms with Crippen LogP contribution in [0.2, 0.25) is 0 Å². The molecule has 0 radical (unpaired) electrons. The average molecular weight is 685 g/mol. The number of esters is 1. The van der Waals surface area contributed by atoms with Crippen molar-refractivity contribution in [3.63, 3.8) is 0 Å². The van der Waals surface area contributed by atoms with Crippen LogP contribution in [-0.4, -0.2) is 95.3 Å². The van der Waals surface area contributed by atoms with E-state index in [2.05, 4.69) is 14.4 Å². The fraction of sp³-hybridized carbons (Fsp3) is 0.375. The Labute approximate surface area is 275 Å². The topological polar surface area (TPSA) is 145 Å². The number of nitrogens with one attached hydrogen (secondary N) is 1. The zero-order valence-corrected chi connectivity index (χ0v) is 27.4. The van der Waals surface area contributed by atoms with Gasteiger partial charge < -0.3 is 28.7 Å². The molecule has 2 aromatic carbocycles. The first-order valence-corrected chi connectivity index (χ1v) is 17.1. The molecule has 0 atom stereocenters. The van der Waals surface area contributed by atoms with Gasteiger partial charge in [0.05, 0.1) is 50.6 Å². The van der Waals surface area contributed by atoms with Crippen LogP contribution < -0.4 is 24.0 Å². The molecule has 16 heteroatoms. The molecule has 1 N–H and O–H groups in total. The van der Waals surface area contributed by atoms with E-state index in [1.807, 2.05) is 9.80 Å². The lowest BCUT2D eigenvalue weighted by Gasteiger charge is -2.34. The summed E-state index contributed by atoms with van der Waals surface area (Å²) in [5.74, 6) is -1.10. The zero-order chi connectivity index (χ0) is 34.0. The number of fused-ring (bicyclic) bond motifs is 1. The maximum absolute atomic E-state index is 15.3. The van der Waals surface area contributed by atoms with E-state index in [-0.39, 0.29) is 29.0 Å². The maximum Gasteiger partial charge on any atom is 0.337 e. The molecule has 4 aromatic rings. The molecular weight excluding hydrogens is 650 g/mol. The highest BCUT2D eigenvalue weighted by Crippen LogP contribution is 2.37. The van der Waals surface area contributed by atoms with Gasteiger partial charge >= 0.3 is 5.97 Å². The van der Waals surface area contributed by atoms with Gasteiger partial charge in [-0.15, -0.1) is 0 Å². The summed E-state index contributed by atoms with van der Waals surface area (Å²) in [6, 6.07) is 8.34. The highest BCUT2D eigenvalue weighted by Gasteiger charge is 2.26. The van der Waals surface area contributed by atoms with Gasteiger partial charge in [-0.05, 0) is 30.3 Å². The highest BCUT2D eigenvalue weighted by atomic mass is 32.2. The Morgan fingerprint density at radius 3 is 2.42 bits per heavy atom. The zero-order valence-electron chi connectivity index (χ0n) is 26.5. The van der Waals surface area contributed by atoms with Crippen molar-refractivity contribution in [2.75, 3.05) is 74.4 Å². The van der Waals surface area contributed by atoms with Crippen molar-refractivity contribution in [3.8, 4) is 22.9 Å². The molecule has 0 amide bonds. The monoisotopic (exact) mass is 684 g/mol. The van der Waals surface area contributed by atoms with E-state index in [0.29, 0.717) is 86.0 Å². The lowest BCUT2D eigenvalue weighted by atomic mass is 10.0. The van der Waals surface area contributed by atoms with Crippen LogP contribution in [0.5, 0.6) is 11.6 Å². The van der Waals surface area contributed by atoms with Crippen LogP contribution in [0.3, 0.4) is 0 Å². The summed E-state index contributed by atoms with van der Waals surface area (Å²) in [5.41, 5.74) is 1.66. The van der Waals surface area contributed by atoms with Gasteiger partial charge in [-0.1, -0.05) is 0 Å². The van der Waals surface area contributed by atoms with Crippen LogP contribution in [-0.2, 0) is 19.5 Å². The van der Waals surface area contributed by atoms with Gasteiger partial charge in [0.1, 0.15) is 34.7 Å². The summed E-state index contributed by atoms with van der Waals surface area (Å²) in [5, 5.41) is 0.337. The number of aromatic nitrogens is 3. The van der Waals surface area contributed by atoms with Crippen molar-refractivity contribution in [2.24, 2.45) is 0 Å². The molecule has 0 bridgehead atoms. The number of piperidine rings is 1. The Morgan fingerprint density at radius 2 is 1.75 bits per heavy atom. The van der Waals surface area contributed by atoms with Crippen LogP contribution in [0.25, 0.3) is 22.2 Å². The van der Waals surface area contributed by atoms with E-state index in [0.717, 1.165) is 12.3 Å². The number of benzene rings is 2. The molecule has 48 heavy (non-hydrogen) atoms. The molecular formula is C32H34F2N6O7S. The summed E-state index contributed by atoms with van der Waals surface area (Å²) in [6.45, 7) is 2.92. The molecule has 2 aromatic heterocycles. The summed E-state index contributed by atoms with van der Waals surface area (Å²) in [7, 11) is -1.08. The van der Waals surface area contributed by atoms with Crippen molar-refractivity contribution in [2.45, 2.75) is 18.9 Å². The number of halogens is 2. The second-order valence-electron chi connectivity index (χ2n) is 11.4. The number of ether oxygens (including phenoxy) is 4. The van der Waals surface area contributed by atoms with Crippen LogP contribution in [0.15, 0.2) is 42.6 Å². The molecule has 254 valence electrons. The molecule has 2 saturated heterocycles. The Hall–Kier alpha value is -4.83. The fourth-order valence-corrected chi connectivity index (χ4v) is 6.34. The molecule has 2 fully saturated rings. The summed E-state index contributed by atoms with van der Waals surface area (Å²) >= 11 is 0. The molecule has 4 heterocycles. The van der Waals surface area contributed by atoms with Crippen molar-refractivity contribution in [3.05, 3.63) is 59.8 Å². The number of anilines is 3. The molecule has 2 aliphatic rings. The van der Waals surface area contributed by atoms with Gasteiger partial charge in [0.15, 0.2) is 0 Å². The van der Waals surface area contributed by atoms with Crippen molar-refractivity contribution in [1.82, 2.24) is 15.0 Å². The Kier molecular flexibility index (Phi) is 9.46. The minimum Gasteiger partial charge on any atom is -0.488 e. The first-order valence-electron chi connectivity index (χ1n) is 15.2. The van der Waals surface area contributed by atoms with Crippen LogP contribution in [0.4, 0.5) is 26.1 Å². The van der Waals surface area contributed by atoms with Gasteiger partial charge in [-0.2, -0.15) is 0 Å². The quantitative estimate of drug-likeness (QED) is 0.254. The third-order valence-corrected chi connectivity index (χ3v) is 8.66. The lowest BCUT2D eigenvalue weighted by molar-refractivity contribution is 0.0600. The van der Waals surface area contributed by atoms with E-state index in [1.54, 1.807) is 6.07 Å². The third kappa shape index (κ3) is 7.18. The number of sulfonamides is 1. The van der Waals surface area contributed by atoms with Gasteiger partial charge in [0.2, 0.25) is 21.9 Å². The summed E-state index contributed by atoms with van der Waals surface area (Å²) < 4.78 is 78.7. The third-order valence-electron chi connectivity index (χ3n) is 8.07. The minimum absolute atomic E-state index is 0.0526. The number of nitrogens with zero attached hydrogens (tertiary/aromatic N) is 5. The largest absolute Gasteiger partial charge is 0.488 e. The van der Waals surface area contributed by atoms with E-state index in [1.165, 1.54) is 44.7 Å². The Balaban J connectivity index is 1.34. The fourth-order valence-electron chi connectivity index (χ4n) is 5.79. The second-order valence-corrected chi connectivity index (χ2v) is 13.1. The number of rotatable bonds is 9. The van der Waals surface area contributed by atoms with E-state index < -0.39 is 27.6 Å². The average Bonchev–Trinajstić information content (AvgIpc) is 3.07. The van der Waals surface area contributed by atoms with Gasteiger partial charge in [0, 0.05) is 62.2 Å². The number of morpholine rings is 1. The number of carbonyl (C=O) groups excluding carboxylic acids is 1. The van der Waals surface area contributed by atoms with Crippen molar-refractivity contribution < 1.29 is 40.9 Å². The molecule has 2 aliphatic heterocycles. The number of methoxy groups -OCH3 is 2. The van der Waals surface area contributed by atoms with Crippen LogP contribution >= 0.6 is 0 Å². The summed E-state index contributed by atoms with van der Waals surface area (Å²) in [6.07, 6.45) is 3.16. The molecule has 13 nitrogen and oxygen atoms in total. The molecule has 0 spiro atoms. The number of hydrogen-bond acceptors (Lipinski definition) is 12. The molecule has 0 saturated carbocycles. The van der Waals surface area contributed by atoms with E-state index in [4.69, 9.17) is 24.2 Å². The first-order chi connectivity index (χ1) is 23.0. The van der Waals surface area contributed by atoms with Crippen molar-refractivity contribution >= 4 is 44.2 Å². The summed E-state index contributed by atoms with van der Waals surface area (Å²) in [4.78, 5) is 29.5. The minimum atomic E-state index is -3.68. The molecule has 0 unspecified atom stereocenters. The van der Waals surface area contributed by atoms with Gasteiger partial charge in [-0.25, -0.2) is 36.9 Å². The Bertz CT molecular complexity index is 1950. The maximum atomic E-state index is 15.3. The number of pyridine rings is 1. The lowest BCUT2D eigenvalue weighted by Crippen LogP contribution is -2.39. The highest BCUT2D eigenvalue weighted by molar-refractivity contribution is 7.92. The Morgan fingerprint density at radius 1 is 1.00 bits per heavy atom. The first kappa shape index (κ1) is 33.1. The van der Waals surface area contributed by atoms with E-state index in [9.17, 15) is 17.6 Å². The van der Waals surface area contributed by atoms with Gasteiger partial charge in [0.25, 0.3) is 0 Å². The molecule has 0 aliphatic carbocycles. The van der Waals surface area contributed by atoms with Crippen LogP contribution in [0, 0.1) is 11.6 Å². The predicted molar refractivity (Wildman–Crippen MR) is 174 cm³/mol. The normalized spacial score (nSPS) is 15.8.